The first-order valence-corrected chi connectivity index (χ1v) is 4.73. The second-order valence-electron chi connectivity index (χ2n) is 3.91. The Kier molecular flexibility index (Phi) is 1.87. The lowest BCUT2D eigenvalue weighted by Crippen LogP contribution is -2.38. The van der Waals surface area contributed by atoms with Crippen LogP contribution in [0.2, 0.25) is 0 Å². The molecule has 0 saturated heterocycles. The van der Waals surface area contributed by atoms with Crippen LogP contribution in [0.5, 0.6) is 0 Å². The third-order valence-electron chi connectivity index (χ3n) is 3.12. The maximum absolute atomic E-state index is 11.3. The molecule has 0 aromatic carbocycles. The molecule has 3 atom stereocenters. The summed E-state index contributed by atoms with van der Waals surface area (Å²) in [5.74, 6) is -0.729. The van der Waals surface area contributed by atoms with Crippen molar-refractivity contribution in [2.45, 2.75) is 25.4 Å². The predicted molar refractivity (Wildman–Crippen MR) is 49.0 cm³/mol. The van der Waals surface area contributed by atoms with Gasteiger partial charge >= 0.3 is 5.97 Å². The van der Waals surface area contributed by atoms with Gasteiger partial charge in [0.25, 0.3) is 5.91 Å². The molecule has 2 N–H and O–H groups in total. The van der Waals surface area contributed by atoms with E-state index in [0.717, 1.165) is 12.8 Å². The van der Waals surface area contributed by atoms with E-state index in [1.165, 1.54) is 6.92 Å². The third kappa shape index (κ3) is 1.06. The van der Waals surface area contributed by atoms with Crippen LogP contribution < -0.4 is 5.73 Å². The molecule has 4 nitrogen and oxygen atoms in total. The molecule has 0 aromatic heterocycles. The molecule has 0 heterocycles. The van der Waals surface area contributed by atoms with Crippen molar-refractivity contribution < 1.29 is 14.3 Å². The molecule has 0 bridgehead atoms. The van der Waals surface area contributed by atoms with Gasteiger partial charge in [-0.25, -0.2) is 0 Å². The number of primary amides is 1. The van der Waals surface area contributed by atoms with Gasteiger partial charge in [0.05, 0.1) is 0 Å². The fourth-order valence-electron chi connectivity index (χ4n) is 2.48. The molecule has 1 fully saturated rings. The van der Waals surface area contributed by atoms with Gasteiger partial charge in [0.15, 0.2) is 5.60 Å². The lowest BCUT2D eigenvalue weighted by atomic mass is 10.1. The number of esters is 1. The van der Waals surface area contributed by atoms with Gasteiger partial charge in [-0.15, -0.1) is 0 Å². The van der Waals surface area contributed by atoms with Crippen molar-refractivity contribution in [2.75, 3.05) is 0 Å². The molecule has 0 radical (unpaired) electrons. The van der Waals surface area contributed by atoms with E-state index in [-0.39, 0.29) is 11.8 Å². The molecule has 2 rings (SSSR count). The summed E-state index contributed by atoms with van der Waals surface area (Å²) in [6, 6.07) is 0. The highest BCUT2D eigenvalue weighted by Crippen LogP contribution is 2.59. The molecular formula is C10H13NO3. The average molecular weight is 195 g/mol. The van der Waals surface area contributed by atoms with Crippen molar-refractivity contribution >= 4 is 11.9 Å². The van der Waals surface area contributed by atoms with Gasteiger partial charge in [-0.2, -0.15) is 0 Å². The van der Waals surface area contributed by atoms with E-state index in [4.69, 9.17) is 10.5 Å². The Morgan fingerprint density at radius 1 is 1.36 bits per heavy atom. The molecule has 0 spiro atoms. The highest BCUT2D eigenvalue weighted by molar-refractivity contribution is 5.90. The summed E-state index contributed by atoms with van der Waals surface area (Å²) in [4.78, 5) is 22.2. The lowest BCUT2D eigenvalue weighted by molar-refractivity contribution is -0.157. The molecule has 0 aromatic rings. The molecular weight excluding hydrogens is 182 g/mol. The maximum atomic E-state index is 11.3. The van der Waals surface area contributed by atoms with E-state index in [1.54, 1.807) is 0 Å². The van der Waals surface area contributed by atoms with Crippen molar-refractivity contribution in [3.8, 4) is 0 Å². The van der Waals surface area contributed by atoms with Gasteiger partial charge in [-0.3, -0.25) is 9.59 Å². The van der Waals surface area contributed by atoms with E-state index in [1.807, 2.05) is 12.2 Å². The first-order chi connectivity index (χ1) is 6.59. The summed E-state index contributed by atoms with van der Waals surface area (Å²) in [5, 5.41) is 0. The summed E-state index contributed by atoms with van der Waals surface area (Å²) < 4.78 is 5.10. The van der Waals surface area contributed by atoms with E-state index in [2.05, 4.69) is 0 Å². The number of nitrogens with two attached hydrogens (primary N) is 1. The number of hydrogen-bond acceptors (Lipinski definition) is 3. The Balaban J connectivity index is 2.20. The lowest BCUT2D eigenvalue weighted by Gasteiger charge is -2.13. The number of carbonyl (C=O) groups is 2. The molecule has 1 amide bonds. The number of carbonyl (C=O) groups excluding carboxylic acids is 2. The van der Waals surface area contributed by atoms with Gasteiger partial charge in [-0.1, -0.05) is 12.2 Å². The fraction of sp³-hybridized carbons (Fsp3) is 0.600. The number of allylic oxidation sites excluding steroid dienone is 2. The van der Waals surface area contributed by atoms with E-state index in [0.29, 0.717) is 0 Å². The summed E-state index contributed by atoms with van der Waals surface area (Å²) in [6.07, 6.45) is 5.58. The van der Waals surface area contributed by atoms with Crippen molar-refractivity contribution in [1.29, 1.82) is 0 Å². The van der Waals surface area contributed by atoms with Crippen LogP contribution in [0.25, 0.3) is 0 Å². The standard InChI is InChI=1S/C10H13NO3/c1-6(12)14-10(9(11)13)7-4-2-3-5-8(7)10/h2-3,7-8H,4-5H2,1H3,(H2,11,13)/t7-,8+,10?. The van der Waals surface area contributed by atoms with E-state index in [9.17, 15) is 9.59 Å². The molecule has 76 valence electrons. The number of rotatable bonds is 2. The van der Waals surface area contributed by atoms with E-state index >= 15 is 0 Å². The molecule has 2 aliphatic carbocycles. The Morgan fingerprint density at radius 3 is 2.21 bits per heavy atom. The van der Waals surface area contributed by atoms with Crippen molar-refractivity contribution in [2.24, 2.45) is 17.6 Å². The topological polar surface area (TPSA) is 69.4 Å². The van der Waals surface area contributed by atoms with Gasteiger partial charge in [0.1, 0.15) is 0 Å². The Labute approximate surface area is 82.1 Å². The summed E-state index contributed by atoms with van der Waals surface area (Å²) in [5.41, 5.74) is 4.29. The average Bonchev–Trinajstić information content (AvgIpc) is 2.75. The van der Waals surface area contributed by atoms with Gasteiger partial charge in [0.2, 0.25) is 0 Å². The van der Waals surface area contributed by atoms with Crippen molar-refractivity contribution in [1.82, 2.24) is 0 Å². The van der Waals surface area contributed by atoms with E-state index < -0.39 is 17.5 Å². The first kappa shape index (κ1) is 9.24. The van der Waals surface area contributed by atoms with Crippen LogP contribution in [0, 0.1) is 11.8 Å². The van der Waals surface area contributed by atoms with Crippen molar-refractivity contribution in [3.63, 3.8) is 0 Å². The number of ether oxygens (including phenoxy) is 1. The Morgan fingerprint density at radius 2 is 1.86 bits per heavy atom. The van der Waals surface area contributed by atoms with Crippen LogP contribution in [-0.2, 0) is 14.3 Å². The zero-order valence-electron chi connectivity index (χ0n) is 8.03. The largest absolute Gasteiger partial charge is 0.448 e. The fourth-order valence-corrected chi connectivity index (χ4v) is 2.48. The third-order valence-corrected chi connectivity index (χ3v) is 3.12. The molecule has 1 saturated carbocycles. The molecule has 4 heteroatoms. The summed E-state index contributed by atoms with van der Waals surface area (Å²) in [6.45, 7) is 1.31. The van der Waals surface area contributed by atoms with Crippen LogP contribution in [0.4, 0.5) is 0 Å². The van der Waals surface area contributed by atoms with Crippen LogP contribution >= 0.6 is 0 Å². The second-order valence-corrected chi connectivity index (χ2v) is 3.91. The minimum Gasteiger partial charge on any atom is -0.448 e. The van der Waals surface area contributed by atoms with Gasteiger partial charge < -0.3 is 10.5 Å². The summed E-state index contributed by atoms with van der Waals surface area (Å²) >= 11 is 0. The predicted octanol–water partition coefficient (Wildman–Crippen LogP) is 0.370. The zero-order chi connectivity index (χ0) is 10.3. The molecule has 0 aliphatic heterocycles. The van der Waals surface area contributed by atoms with Crippen molar-refractivity contribution in [3.05, 3.63) is 12.2 Å². The summed E-state index contributed by atoms with van der Waals surface area (Å²) in [7, 11) is 0. The maximum Gasteiger partial charge on any atom is 0.303 e. The smallest absolute Gasteiger partial charge is 0.303 e. The molecule has 2 aliphatic rings. The first-order valence-electron chi connectivity index (χ1n) is 4.73. The number of fused-ring (bicyclic) bond motifs is 1. The minimum absolute atomic E-state index is 0.105. The molecule has 14 heavy (non-hydrogen) atoms. The van der Waals surface area contributed by atoms with Gasteiger partial charge in [-0.05, 0) is 12.8 Å². The van der Waals surface area contributed by atoms with Crippen LogP contribution in [0.3, 0.4) is 0 Å². The number of hydrogen-bond donors (Lipinski definition) is 1. The number of amides is 1. The second kappa shape index (κ2) is 2.83. The normalized spacial score (nSPS) is 38.6. The highest BCUT2D eigenvalue weighted by atomic mass is 16.6. The van der Waals surface area contributed by atoms with Crippen LogP contribution in [0.1, 0.15) is 19.8 Å². The SMILES string of the molecule is CC(=O)OC1(C(N)=O)[C@@H]2CC=CC[C@@H]21. The Bertz CT molecular complexity index is 307. The van der Waals surface area contributed by atoms with Crippen LogP contribution in [-0.4, -0.2) is 17.5 Å². The van der Waals surface area contributed by atoms with Gasteiger partial charge in [0, 0.05) is 18.8 Å². The quantitative estimate of drug-likeness (QED) is 0.511. The Hall–Kier alpha value is -1.32. The highest BCUT2D eigenvalue weighted by Gasteiger charge is 2.71. The zero-order valence-corrected chi connectivity index (χ0v) is 8.03. The molecule has 1 unspecified atom stereocenters. The minimum atomic E-state index is -1.00. The van der Waals surface area contributed by atoms with Crippen LogP contribution in [0.15, 0.2) is 12.2 Å². The monoisotopic (exact) mass is 195 g/mol.